The van der Waals surface area contributed by atoms with Gasteiger partial charge in [-0.25, -0.2) is 27.4 Å². The van der Waals surface area contributed by atoms with Crippen molar-refractivity contribution in [2.45, 2.75) is 5.03 Å². The lowest BCUT2D eigenvalue weighted by Crippen LogP contribution is -2.30. The van der Waals surface area contributed by atoms with E-state index in [0.29, 0.717) is 4.96 Å². The highest BCUT2D eigenvalue weighted by Crippen LogP contribution is 2.24. The number of aromatic nitrogens is 2. The fourth-order valence-electron chi connectivity index (χ4n) is 1.55. The lowest BCUT2D eigenvalue weighted by molar-refractivity contribution is 0.578. The van der Waals surface area contributed by atoms with Crippen molar-refractivity contribution in [1.82, 2.24) is 14.1 Å². The summed E-state index contributed by atoms with van der Waals surface area (Å²) in [6.45, 7) is -0.220. The fraction of sp³-hybridized carbons (Fsp3) is 0.375. The minimum Gasteiger partial charge on any atom is -0.306 e. The second-order valence-corrected chi connectivity index (χ2v) is 8.81. The monoisotopic (exact) mass is 339 g/mol. The second-order valence-electron chi connectivity index (χ2n) is 3.99. The maximum absolute atomic E-state index is 12.2. The Morgan fingerprint density at radius 2 is 2.10 bits per heavy atom. The van der Waals surface area contributed by atoms with E-state index in [0.717, 1.165) is 6.26 Å². The van der Waals surface area contributed by atoms with Gasteiger partial charge in [0, 0.05) is 24.4 Å². The number of anilines is 1. The Morgan fingerprint density at radius 1 is 1.40 bits per heavy atom. The smallest absolute Gasteiger partial charge is 0.260 e. The van der Waals surface area contributed by atoms with E-state index in [2.05, 4.69) is 15.1 Å². The Balaban J connectivity index is 2.33. The van der Waals surface area contributed by atoms with Crippen LogP contribution in [0.2, 0.25) is 0 Å². The average molecular weight is 339 g/mol. The van der Waals surface area contributed by atoms with E-state index in [1.54, 1.807) is 11.6 Å². The first-order chi connectivity index (χ1) is 9.24. The molecule has 9 nitrogen and oxygen atoms in total. The molecule has 12 heteroatoms. The molecule has 4 N–H and O–H groups in total. The molecule has 0 aliphatic carbocycles. The number of imidazole rings is 1. The Morgan fingerprint density at radius 3 is 2.70 bits per heavy atom. The number of nitrogens with zero attached hydrogens (tertiary/aromatic N) is 2. The summed E-state index contributed by atoms with van der Waals surface area (Å²) in [6.07, 6.45) is 2.57. The zero-order valence-corrected chi connectivity index (χ0v) is 12.8. The molecule has 0 saturated heterocycles. The molecule has 2 aromatic heterocycles. The summed E-state index contributed by atoms with van der Waals surface area (Å²) in [5.41, 5.74) is 2.22. The van der Waals surface area contributed by atoms with Gasteiger partial charge >= 0.3 is 0 Å². The SMILES string of the molecule is CS(=O)(=O)CCNS(=O)(=O)c1c(NN)nc2sccn12. The van der Waals surface area contributed by atoms with Gasteiger partial charge in [-0.2, -0.15) is 4.98 Å². The van der Waals surface area contributed by atoms with Gasteiger partial charge in [0.1, 0.15) is 9.84 Å². The molecular formula is C8H13N5O4S3. The highest BCUT2D eigenvalue weighted by molar-refractivity contribution is 7.91. The minimum absolute atomic E-state index is 0.00343. The van der Waals surface area contributed by atoms with Crippen LogP contribution in [0.4, 0.5) is 5.82 Å². The normalized spacial score (nSPS) is 12.9. The van der Waals surface area contributed by atoms with Crippen molar-refractivity contribution in [1.29, 1.82) is 0 Å². The summed E-state index contributed by atoms with van der Waals surface area (Å²) in [4.78, 5) is 4.48. The standard InChI is InChI=1S/C8H13N5O4S3/c1-19(14,15)5-2-10-20(16,17)7-6(12-9)11-8-13(7)3-4-18-8/h3-4,10,12H,2,5,9H2,1H3. The molecule has 0 spiro atoms. The number of nitrogen functional groups attached to an aromatic ring is 1. The van der Waals surface area contributed by atoms with E-state index < -0.39 is 19.9 Å². The Hall–Kier alpha value is -1.21. The zero-order chi connectivity index (χ0) is 15.0. The molecule has 0 atom stereocenters. The molecule has 0 fully saturated rings. The first kappa shape index (κ1) is 15.2. The molecular weight excluding hydrogens is 326 g/mol. The van der Waals surface area contributed by atoms with Gasteiger partial charge in [0.15, 0.2) is 10.8 Å². The van der Waals surface area contributed by atoms with Crippen molar-refractivity contribution in [3.63, 3.8) is 0 Å². The topological polar surface area (TPSA) is 136 Å². The average Bonchev–Trinajstić information content (AvgIpc) is 2.84. The number of rotatable bonds is 6. The minimum atomic E-state index is -3.93. The van der Waals surface area contributed by atoms with Crippen LogP contribution >= 0.6 is 11.3 Å². The number of thiazole rings is 1. The first-order valence-corrected chi connectivity index (χ1v) is 9.76. The zero-order valence-electron chi connectivity index (χ0n) is 10.4. The van der Waals surface area contributed by atoms with Crippen molar-refractivity contribution >= 4 is 42.0 Å². The Kier molecular flexibility index (Phi) is 4.02. The van der Waals surface area contributed by atoms with E-state index in [4.69, 9.17) is 5.84 Å². The fourth-order valence-corrected chi connectivity index (χ4v) is 4.19. The van der Waals surface area contributed by atoms with Gasteiger partial charge in [-0.3, -0.25) is 4.40 Å². The van der Waals surface area contributed by atoms with Crippen LogP contribution in [0.1, 0.15) is 0 Å². The third kappa shape index (κ3) is 3.09. The predicted octanol–water partition coefficient (Wildman–Crippen LogP) is -0.996. The van der Waals surface area contributed by atoms with Gasteiger partial charge in [-0.15, -0.1) is 11.3 Å². The van der Waals surface area contributed by atoms with Crippen molar-refractivity contribution < 1.29 is 16.8 Å². The van der Waals surface area contributed by atoms with E-state index in [1.807, 2.05) is 0 Å². The molecule has 0 unspecified atom stereocenters. The first-order valence-electron chi connectivity index (χ1n) is 5.34. The molecule has 20 heavy (non-hydrogen) atoms. The maximum Gasteiger partial charge on any atom is 0.260 e. The summed E-state index contributed by atoms with van der Waals surface area (Å²) in [5, 5.41) is 1.53. The van der Waals surface area contributed by atoms with Crippen LogP contribution in [0.3, 0.4) is 0 Å². The molecule has 0 aromatic carbocycles. The van der Waals surface area contributed by atoms with Crippen molar-refractivity contribution in [3.05, 3.63) is 11.6 Å². The molecule has 0 saturated carbocycles. The largest absolute Gasteiger partial charge is 0.306 e. The van der Waals surface area contributed by atoms with Gasteiger partial charge in [0.2, 0.25) is 5.03 Å². The summed E-state index contributed by atoms with van der Waals surface area (Å²) in [6, 6.07) is 0. The van der Waals surface area contributed by atoms with Gasteiger partial charge in [0.25, 0.3) is 10.0 Å². The van der Waals surface area contributed by atoms with E-state index in [9.17, 15) is 16.8 Å². The second kappa shape index (κ2) is 5.29. The molecule has 0 radical (unpaired) electrons. The van der Waals surface area contributed by atoms with Crippen LogP contribution in [-0.2, 0) is 19.9 Å². The molecule has 0 bridgehead atoms. The van der Waals surface area contributed by atoms with Crippen LogP contribution in [-0.4, -0.2) is 44.8 Å². The number of sulfone groups is 1. The number of hydrogen-bond acceptors (Lipinski definition) is 8. The maximum atomic E-state index is 12.2. The highest BCUT2D eigenvalue weighted by Gasteiger charge is 2.25. The van der Waals surface area contributed by atoms with E-state index in [-0.39, 0.29) is 23.1 Å². The summed E-state index contributed by atoms with van der Waals surface area (Å²) >= 11 is 1.25. The van der Waals surface area contributed by atoms with Crippen molar-refractivity contribution in [2.75, 3.05) is 24.0 Å². The number of hydrazine groups is 1. The Bertz CT molecular complexity index is 820. The van der Waals surface area contributed by atoms with Crippen molar-refractivity contribution in [3.8, 4) is 0 Å². The Labute approximate surface area is 119 Å². The van der Waals surface area contributed by atoms with Crippen LogP contribution in [0, 0.1) is 0 Å². The lowest BCUT2D eigenvalue weighted by Gasteiger charge is -2.06. The quantitative estimate of drug-likeness (QED) is 0.454. The van der Waals surface area contributed by atoms with Crippen molar-refractivity contribution in [2.24, 2.45) is 5.84 Å². The lowest BCUT2D eigenvalue weighted by atomic mass is 10.7. The molecule has 0 amide bonds. The number of nitrogens with one attached hydrogen (secondary N) is 2. The van der Waals surface area contributed by atoms with E-state index >= 15 is 0 Å². The summed E-state index contributed by atoms with van der Waals surface area (Å²) < 4.78 is 50.0. The van der Waals surface area contributed by atoms with Gasteiger partial charge in [0.05, 0.1) is 5.75 Å². The number of hydrogen-bond donors (Lipinski definition) is 3. The van der Waals surface area contributed by atoms with Crippen LogP contribution in [0.15, 0.2) is 16.6 Å². The van der Waals surface area contributed by atoms with Crippen LogP contribution in [0.25, 0.3) is 4.96 Å². The van der Waals surface area contributed by atoms with Crippen LogP contribution in [0.5, 0.6) is 0 Å². The third-order valence-electron chi connectivity index (χ3n) is 2.37. The molecule has 2 rings (SSSR count). The predicted molar refractivity (Wildman–Crippen MR) is 75.8 cm³/mol. The molecule has 0 aliphatic rings. The number of fused-ring (bicyclic) bond motifs is 1. The highest BCUT2D eigenvalue weighted by atomic mass is 32.2. The third-order valence-corrected chi connectivity index (χ3v) is 5.56. The number of nitrogens with two attached hydrogens (primary N) is 1. The summed E-state index contributed by atoms with van der Waals surface area (Å²) in [5.74, 6) is 4.97. The number of sulfonamides is 1. The summed E-state index contributed by atoms with van der Waals surface area (Å²) in [7, 11) is -7.18. The molecule has 0 aliphatic heterocycles. The van der Waals surface area contributed by atoms with Gasteiger partial charge in [-0.05, 0) is 0 Å². The molecule has 112 valence electrons. The molecule has 2 aromatic rings. The van der Waals surface area contributed by atoms with E-state index in [1.165, 1.54) is 15.7 Å². The van der Waals surface area contributed by atoms with Crippen LogP contribution < -0.4 is 16.0 Å². The van der Waals surface area contributed by atoms with Gasteiger partial charge < -0.3 is 5.43 Å². The van der Waals surface area contributed by atoms with Gasteiger partial charge in [-0.1, -0.05) is 0 Å². The molecule has 2 heterocycles.